The third kappa shape index (κ3) is 5.51. The normalized spacial score (nSPS) is 25.0. The number of methoxy groups -OCH3 is 1. The van der Waals surface area contributed by atoms with Gasteiger partial charge in [-0.1, -0.05) is 19.3 Å². The van der Waals surface area contributed by atoms with Gasteiger partial charge in [0, 0.05) is 23.9 Å². The molecule has 6 nitrogen and oxygen atoms in total. The lowest BCUT2D eigenvalue weighted by molar-refractivity contribution is -0.147. The van der Waals surface area contributed by atoms with E-state index in [9.17, 15) is 9.59 Å². The molecule has 2 fully saturated rings. The van der Waals surface area contributed by atoms with Gasteiger partial charge in [-0.25, -0.2) is 4.98 Å². The quantitative estimate of drug-likeness (QED) is 0.615. The first-order chi connectivity index (χ1) is 13.1. The summed E-state index contributed by atoms with van der Waals surface area (Å²) in [5.41, 5.74) is 1.12. The maximum absolute atomic E-state index is 12.8. The average Bonchev–Trinajstić information content (AvgIpc) is 2.94. The van der Waals surface area contributed by atoms with E-state index in [1.165, 1.54) is 7.11 Å². The Kier molecular flexibility index (Phi) is 7.24. The van der Waals surface area contributed by atoms with Gasteiger partial charge >= 0.3 is 5.97 Å². The number of aryl methyl sites for hydroxylation is 1. The number of carbonyl (C=O) groups is 2. The van der Waals surface area contributed by atoms with Crippen LogP contribution < -0.4 is 5.32 Å². The van der Waals surface area contributed by atoms with Crippen LogP contribution >= 0.6 is 11.3 Å². The van der Waals surface area contributed by atoms with E-state index in [2.05, 4.69) is 20.6 Å². The molecule has 1 N–H and O–H groups in total. The number of amides is 1. The molecule has 7 heteroatoms. The Balaban J connectivity index is 1.50. The van der Waals surface area contributed by atoms with Gasteiger partial charge in [0.15, 0.2) is 0 Å². The van der Waals surface area contributed by atoms with Crippen LogP contribution in [0.1, 0.15) is 55.6 Å². The number of piperidine rings is 1. The summed E-state index contributed by atoms with van der Waals surface area (Å²) in [5, 5.41) is 6.41. The minimum absolute atomic E-state index is 0.0416. The van der Waals surface area contributed by atoms with Gasteiger partial charge in [-0.2, -0.15) is 0 Å². The first kappa shape index (κ1) is 20.3. The number of rotatable bonds is 5. The Bertz CT molecular complexity index is 640. The largest absolute Gasteiger partial charge is 0.469 e. The van der Waals surface area contributed by atoms with Crippen molar-refractivity contribution in [2.75, 3.05) is 20.2 Å². The zero-order valence-electron chi connectivity index (χ0n) is 16.4. The molecule has 0 radical (unpaired) electrons. The highest BCUT2D eigenvalue weighted by Gasteiger charge is 2.34. The van der Waals surface area contributed by atoms with Crippen LogP contribution in [0.2, 0.25) is 0 Å². The number of likely N-dealkylation sites (tertiary alicyclic amines) is 1. The summed E-state index contributed by atoms with van der Waals surface area (Å²) in [6, 6.07) is -0.0801. The van der Waals surface area contributed by atoms with Gasteiger partial charge in [-0.05, 0) is 45.7 Å². The van der Waals surface area contributed by atoms with E-state index in [-0.39, 0.29) is 29.8 Å². The topological polar surface area (TPSA) is 71.5 Å². The van der Waals surface area contributed by atoms with Crippen LogP contribution in [0.4, 0.5) is 0 Å². The monoisotopic (exact) mass is 393 g/mol. The van der Waals surface area contributed by atoms with E-state index in [0.717, 1.165) is 75.3 Å². The highest BCUT2D eigenvalue weighted by Crippen LogP contribution is 2.26. The Morgan fingerprint density at radius 2 is 1.96 bits per heavy atom. The van der Waals surface area contributed by atoms with Crippen molar-refractivity contribution in [3.63, 3.8) is 0 Å². The Labute approximate surface area is 165 Å². The molecule has 0 unspecified atom stereocenters. The lowest BCUT2D eigenvalue weighted by atomic mass is 9.91. The number of nitrogens with zero attached hydrogens (tertiary/aromatic N) is 2. The van der Waals surface area contributed by atoms with Crippen LogP contribution in [0.3, 0.4) is 0 Å². The molecule has 2 aliphatic rings. The van der Waals surface area contributed by atoms with Crippen LogP contribution in [0.25, 0.3) is 0 Å². The van der Waals surface area contributed by atoms with Crippen LogP contribution in [0, 0.1) is 18.8 Å². The summed E-state index contributed by atoms with van der Waals surface area (Å²) in [7, 11) is 1.44. The molecule has 0 bridgehead atoms. The molecular formula is C20H31N3O3S. The van der Waals surface area contributed by atoms with E-state index in [1.54, 1.807) is 11.3 Å². The smallest absolute Gasteiger partial charge is 0.310 e. The van der Waals surface area contributed by atoms with Gasteiger partial charge in [-0.15, -0.1) is 11.3 Å². The van der Waals surface area contributed by atoms with Crippen LogP contribution in [0.5, 0.6) is 0 Å². The molecule has 1 saturated carbocycles. The summed E-state index contributed by atoms with van der Waals surface area (Å²) in [5.74, 6) is -0.232. The molecule has 1 aliphatic heterocycles. The Morgan fingerprint density at radius 3 is 2.63 bits per heavy atom. The van der Waals surface area contributed by atoms with Crippen molar-refractivity contribution in [1.29, 1.82) is 0 Å². The zero-order chi connectivity index (χ0) is 19.2. The molecule has 1 aliphatic carbocycles. The molecule has 0 spiro atoms. The maximum atomic E-state index is 12.8. The van der Waals surface area contributed by atoms with Crippen LogP contribution in [-0.4, -0.2) is 48.0 Å². The second-order valence-electron chi connectivity index (χ2n) is 7.79. The number of thiazole rings is 1. The molecule has 150 valence electrons. The third-order valence-electron chi connectivity index (χ3n) is 5.86. The van der Waals surface area contributed by atoms with Crippen molar-refractivity contribution in [3.05, 3.63) is 16.1 Å². The molecule has 1 aromatic heterocycles. The maximum Gasteiger partial charge on any atom is 0.310 e. The van der Waals surface area contributed by atoms with Crippen molar-refractivity contribution in [2.24, 2.45) is 11.8 Å². The minimum atomic E-state index is -0.200. The highest BCUT2D eigenvalue weighted by molar-refractivity contribution is 7.09. The Morgan fingerprint density at radius 1 is 1.22 bits per heavy atom. The Hall–Kier alpha value is -1.47. The fourth-order valence-electron chi connectivity index (χ4n) is 4.28. The molecule has 27 heavy (non-hydrogen) atoms. The number of aromatic nitrogens is 1. The van der Waals surface area contributed by atoms with Gasteiger partial charge in [0.25, 0.3) is 0 Å². The fraction of sp³-hybridized carbons (Fsp3) is 0.750. The van der Waals surface area contributed by atoms with E-state index in [4.69, 9.17) is 4.74 Å². The SMILES string of the molecule is COC(=O)[C@@H]1CCCCC[C@H]1NC(=O)C1CCN(Cc2csc(C)n2)CC1. The molecule has 2 heterocycles. The number of nitrogens with one attached hydrogen (secondary N) is 1. The second-order valence-corrected chi connectivity index (χ2v) is 8.85. The number of carbonyl (C=O) groups excluding carboxylic acids is 2. The van der Waals surface area contributed by atoms with E-state index >= 15 is 0 Å². The van der Waals surface area contributed by atoms with Crippen molar-refractivity contribution in [3.8, 4) is 0 Å². The molecule has 2 atom stereocenters. The number of esters is 1. The first-order valence-corrected chi connectivity index (χ1v) is 11.0. The van der Waals surface area contributed by atoms with Gasteiger partial charge in [-0.3, -0.25) is 14.5 Å². The lowest BCUT2D eigenvalue weighted by Gasteiger charge is -2.32. The zero-order valence-corrected chi connectivity index (χ0v) is 17.2. The number of hydrogen-bond acceptors (Lipinski definition) is 6. The first-order valence-electron chi connectivity index (χ1n) is 10.1. The summed E-state index contributed by atoms with van der Waals surface area (Å²) < 4.78 is 4.97. The second kappa shape index (κ2) is 9.64. The number of hydrogen-bond donors (Lipinski definition) is 1. The van der Waals surface area contributed by atoms with E-state index in [0.29, 0.717) is 0 Å². The molecule has 1 amide bonds. The van der Waals surface area contributed by atoms with Crippen LogP contribution in [0.15, 0.2) is 5.38 Å². The van der Waals surface area contributed by atoms with Crippen molar-refractivity contribution in [2.45, 2.75) is 64.5 Å². The molecule has 1 aromatic rings. The van der Waals surface area contributed by atoms with Gasteiger partial charge in [0.2, 0.25) is 5.91 Å². The molecule has 1 saturated heterocycles. The average molecular weight is 394 g/mol. The van der Waals surface area contributed by atoms with Crippen molar-refractivity contribution in [1.82, 2.24) is 15.2 Å². The summed E-state index contributed by atoms with van der Waals surface area (Å²) in [4.78, 5) is 31.8. The molecule has 0 aromatic carbocycles. The fourth-order valence-corrected chi connectivity index (χ4v) is 4.88. The summed E-state index contributed by atoms with van der Waals surface area (Å²) in [6.45, 7) is 4.73. The molecular weight excluding hydrogens is 362 g/mol. The predicted octanol–water partition coefficient (Wildman–Crippen LogP) is 2.90. The predicted molar refractivity (Wildman–Crippen MR) is 105 cm³/mol. The standard InChI is InChI=1S/C20H31N3O3S/c1-14-21-16(13-27-14)12-23-10-8-15(9-11-23)19(24)22-18-7-5-3-4-6-17(18)20(25)26-2/h13,15,17-18H,3-12H2,1-2H3,(H,22,24)/t17-,18-/m1/s1. The van der Waals surface area contributed by atoms with E-state index < -0.39 is 0 Å². The lowest BCUT2D eigenvalue weighted by Crippen LogP contribution is -2.47. The van der Waals surface area contributed by atoms with Crippen LogP contribution in [-0.2, 0) is 20.9 Å². The minimum Gasteiger partial charge on any atom is -0.469 e. The van der Waals surface area contributed by atoms with Crippen molar-refractivity contribution >= 4 is 23.2 Å². The van der Waals surface area contributed by atoms with E-state index in [1.807, 2.05) is 6.92 Å². The number of ether oxygens (including phenoxy) is 1. The van der Waals surface area contributed by atoms with Gasteiger partial charge in [0.1, 0.15) is 0 Å². The summed E-state index contributed by atoms with van der Waals surface area (Å²) in [6.07, 6.45) is 6.62. The van der Waals surface area contributed by atoms with Gasteiger partial charge in [0.05, 0.1) is 23.7 Å². The molecule has 3 rings (SSSR count). The van der Waals surface area contributed by atoms with Gasteiger partial charge < -0.3 is 10.1 Å². The van der Waals surface area contributed by atoms with Crippen molar-refractivity contribution < 1.29 is 14.3 Å². The third-order valence-corrected chi connectivity index (χ3v) is 6.68. The summed E-state index contributed by atoms with van der Waals surface area (Å²) >= 11 is 1.68. The highest BCUT2D eigenvalue weighted by atomic mass is 32.1.